The maximum absolute atomic E-state index is 13.1. The van der Waals surface area contributed by atoms with Gasteiger partial charge in [-0.15, -0.1) is 23.7 Å². The van der Waals surface area contributed by atoms with E-state index in [0.29, 0.717) is 0 Å². The second kappa shape index (κ2) is 9.96. The van der Waals surface area contributed by atoms with Crippen molar-refractivity contribution in [3.05, 3.63) is 76.5 Å². The highest BCUT2D eigenvalue weighted by molar-refractivity contribution is 7.15. The molecule has 0 fully saturated rings. The minimum absolute atomic E-state index is 0. The third-order valence-corrected chi connectivity index (χ3v) is 6.20. The van der Waals surface area contributed by atoms with Gasteiger partial charge in [-0.05, 0) is 43.7 Å². The van der Waals surface area contributed by atoms with E-state index in [4.69, 9.17) is 5.73 Å². The average molecular weight is 434 g/mol. The van der Waals surface area contributed by atoms with Gasteiger partial charge in [-0.25, -0.2) is 9.37 Å². The van der Waals surface area contributed by atoms with Crippen molar-refractivity contribution in [2.45, 2.75) is 32.9 Å². The van der Waals surface area contributed by atoms with E-state index in [9.17, 15) is 9.18 Å². The Hall–Kier alpha value is -2.28. The van der Waals surface area contributed by atoms with Gasteiger partial charge < -0.3 is 11.1 Å². The van der Waals surface area contributed by atoms with Crippen molar-refractivity contribution in [3.8, 4) is 10.6 Å². The molecule has 7 heteroatoms. The third kappa shape index (κ3) is 5.41. The first-order chi connectivity index (χ1) is 13.4. The van der Waals surface area contributed by atoms with E-state index in [1.165, 1.54) is 23.5 Å². The van der Waals surface area contributed by atoms with Crippen LogP contribution in [0.5, 0.6) is 0 Å². The van der Waals surface area contributed by atoms with E-state index in [1.807, 2.05) is 51.1 Å². The summed E-state index contributed by atoms with van der Waals surface area (Å²) in [5.74, 6) is -0.740. The molecule has 29 heavy (non-hydrogen) atoms. The number of halogens is 2. The molecule has 2 aromatic carbocycles. The largest absolute Gasteiger partial charge is 0.348 e. The summed E-state index contributed by atoms with van der Waals surface area (Å²) in [7, 11) is 0. The summed E-state index contributed by atoms with van der Waals surface area (Å²) in [4.78, 5) is 18.3. The molecule has 4 nitrogen and oxygen atoms in total. The summed E-state index contributed by atoms with van der Waals surface area (Å²) in [6.45, 7) is 5.69. The van der Waals surface area contributed by atoms with Gasteiger partial charge in [0, 0.05) is 11.6 Å². The molecule has 0 aliphatic rings. The van der Waals surface area contributed by atoms with Crippen LogP contribution >= 0.6 is 23.7 Å². The second-order valence-corrected chi connectivity index (χ2v) is 7.96. The number of carbonyl (C=O) groups excluding carboxylic acids is 1. The van der Waals surface area contributed by atoms with E-state index < -0.39 is 0 Å². The highest BCUT2D eigenvalue weighted by Gasteiger charge is 2.25. The smallest absolute Gasteiger partial charge is 0.225 e. The van der Waals surface area contributed by atoms with Crippen molar-refractivity contribution < 1.29 is 9.18 Å². The summed E-state index contributed by atoms with van der Waals surface area (Å²) in [5.41, 5.74) is 8.93. The molecule has 3 unspecified atom stereocenters. The fraction of sp³-hybridized carbons (Fsp3) is 0.273. The van der Waals surface area contributed by atoms with Gasteiger partial charge in [-0.2, -0.15) is 0 Å². The zero-order valence-electron chi connectivity index (χ0n) is 16.6. The summed E-state index contributed by atoms with van der Waals surface area (Å²) < 4.78 is 13.1. The lowest BCUT2D eigenvalue weighted by Crippen LogP contribution is -2.36. The van der Waals surface area contributed by atoms with Crippen LogP contribution in [0.3, 0.4) is 0 Å². The number of nitrogens with one attached hydrogen (secondary N) is 1. The van der Waals surface area contributed by atoms with Gasteiger partial charge in [0.25, 0.3) is 0 Å². The number of hydrogen-bond donors (Lipinski definition) is 2. The maximum atomic E-state index is 13.1. The molecule has 0 radical (unpaired) electrons. The van der Waals surface area contributed by atoms with Gasteiger partial charge in [0.05, 0.1) is 22.5 Å². The molecule has 1 heterocycles. The van der Waals surface area contributed by atoms with E-state index in [-0.39, 0.29) is 42.1 Å². The summed E-state index contributed by atoms with van der Waals surface area (Å²) in [5, 5.41) is 3.86. The summed E-state index contributed by atoms with van der Waals surface area (Å²) >= 11 is 1.51. The number of aryl methyl sites for hydroxylation is 1. The Morgan fingerprint density at radius 3 is 2.34 bits per heavy atom. The Balaban J connectivity index is 0.00000300. The zero-order chi connectivity index (χ0) is 20.3. The standard InChI is InChI=1S/C22H24FN3OS.ClH/c1-13(19(24)16-7-5-4-6-8-16)21(27)25-14(2)20-15(3)26-22(28-20)17-9-11-18(23)12-10-17;/h4-14,19H,24H2,1-3H3,(H,25,27);1H. The maximum Gasteiger partial charge on any atom is 0.225 e. The monoisotopic (exact) mass is 433 g/mol. The third-order valence-electron chi connectivity index (χ3n) is 4.81. The fourth-order valence-electron chi connectivity index (χ4n) is 3.06. The topological polar surface area (TPSA) is 68.0 Å². The molecule has 0 saturated carbocycles. The number of rotatable bonds is 6. The van der Waals surface area contributed by atoms with Crippen LogP contribution < -0.4 is 11.1 Å². The fourth-order valence-corrected chi connectivity index (χ4v) is 4.14. The van der Waals surface area contributed by atoms with Gasteiger partial charge in [0.2, 0.25) is 5.91 Å². The first kappa shape index (κ1) is 23.0. The quantitative estimate of drug-likeness (QED) is 0.561. The van der Waals surface area contributed by atoms with Crippen LogP contribution in [0.2, 0.25) is 0 Å². The number of nitrogens with two attached hydrogens (primary N) is 1. The van der Waals surface area contributed by atoms with Gasteiger partial charge in [-0.3, -0.25) is 4.79 Å². The Morgan fingerprint density at radius 2 is 1.72 bits per heavy atom. The van der Waals surface area contributed by atoms with Crippen molar-refractivity contribution in [2.75, 3.05) is 0 Å². The Kier molecular flexibility index (Phi) is 7.90. The van der Waals surface area contributed by atoms with E-state index in [1.54, 1.807) is 12.1 Å². The van der Waals surface area contributed by atoms with Gasteiger partial charge in [0.15, 0.2) is 0 Å². The van der Waals surface area contributed by atoms with Crippen molar-refractivity contribution in [1.29, 1.82) is 0 Å². The SMILES string of the molecule is Cc1nc(-c2ccc(F)cc2)sc1C(C)NC(=O)C(C)C(N)c1ccccc1.Cl. The number of aromatic nitrogens is 1. The van der Waals surface area contributed by atoms with Crippen LogP contribution in [-0.4, -0.2) is 10.9 Å². The number of carbonyl (C=O) groups is 1. The molecular formula is C22H25ClFN3OS. The van der Waals surface area contributed by atoms with Crippen LogP contribution in [0, 0.1) is 18.7 Å². The predicted octanol–water partition coefficient (Wildman–Crippen LogP) is 5.19. The lowest BCUT2D eigenvalue weighted by atomic mass is 9.94. The van der Waals surface area contributed by atoms with Gasteiger partial charge in [0.1, 0.15) is 10.8 Å². The molecule has 3 rings (SSSR count). The Bertz CT molecular complexity index is 946. The van der Waals surface area contributed by atoms with E-state index in [0.717, 1.165) is 26.7 Å². The molecular weight excluding hydrogens is 409 g/mol. The van der Waals surface area contributed by atoms with Crippen molar-refractivity contribution in [1.82, 2.24) is 10.3 Å². The summed E-state index contributed by atoms with van der Waals surface area (Å²) in [6, 6.07) is 15.3. The number of nitrogens with zero attached hydrogens (tertiary/aromatic N) is 1. The molecule has 0 aliphatic carbocycles. The van der Waals surface area contributed by atoms with Crippen molar-refractivity contribution in [3.63, 3.8) is 0 Å². The molecule has 3 aromatic rings. The molecule has 1 aromatic heterocycles. The molecule has 154 valence electrons. The minimum atomic E-state index is -0.370. The average Bonchev–Trinajstić information content (AvgIpc) is 3.09. The lowest BCUT2D eigenvalue weighted by Gasteiger charge is -2.22. The van der Waals surface area contributed by atoms with Crippen LogP contribution in [0.15, 0.2) is 54.6 Å². The highest BCUT2D eigenvalue weighted by Crippen LogP contribution is 2.32. The van der Waals surface area contributed by atoms with Crippen LogP contribution in [-0.2, 0) is 4.79 Å². The number of thiazole rings is 1. The molecule has 3 atom stereocenters. The number of amides is 1. The van der Waals surface area contributed by atoms with E-state index in [2.05, 4.69) is 10.3 Å². The summed E-state index contributed by atoms with van der Waals surface area (Å²) in [6.07, 6.45) is 0. The first-order valence-electron chi connectivity index (χ1n) is 9.21. The van der Waals surface area contributed by atoms with Crippen LogP contribution in [0.4, 0.5) is 4.39 Å². The second-order valence-electron chi connectivity index (χ2n) is 6.93. The van der Waals surface area contributed by atoms with Crippen molar-refractivity contribution in [2.24, 2.45) is 11.7 Å². The van der Waals surface area contributed by atoms with Crippen molar-refractivity contribution >= 4 is 29.7 Å². The normalized spacial score (nSPS) is 13.8. The minimum Gasteiger partial charge on any atom is -0.348 e. The Morgan fingerprint density at radius 1 is 1.10 bits per heavy atom. The van der Waals surface area contributed by atoms with Gasteiger partial charge in [-0.1, -0.05) is 37.3 Å². The molecule has 0 aliphatic heterocycles. The highest BCUT2D eigenvalue weighted by atomic mass is 35.5. The van der Waals surface area contributed by atoms with Crippen LogP contribution in [0.25, 0.3) is 10.6 Å². The first-order valence-corrected chi connectivity index (χ1v) is 10.0. The molecule has 0 bridgehead atoms. The zero-order valence-corrected chi connectivity index (χ0v) is 18.2. The van der Waals surface area contributed by atoms with Crippen LogP contribution in [0.1, 0.15) is 42.1 Å². The Labute approximate surface area is 180 Å². The predicted molar refractivity (Wildman–Crippen MR) is 119 cm³/mol. The molecule has 3 N–H and O–H groups in total. The molecule has 0 saturated heterocycles. The van der Waals surface area contributed by atoms with Gasteiger partial charge >= 0.3 is 0 Å². The van der Waals surface area contributed by atoms with E-state index >= 15 is 0 Å². The molecule has 1 amide bonds. The molecule has 0 spiro atoms. The lowest BCUT2D eigenvalue weighted by molar-refractivity contribution is -0.125. The number of benzene rings is 2. The number of hydrogen-bond acceptors (Lipinski definition) is 4.